The molecule has 124 valence electrons. The van der Waals surface area contributed by atoms with Gasteiger partial charge in [-0.15, -0.1) is 5.73 Å². The van der Waals surface area contributed by atoms with Gasteiger partial charge in [0, 0.05) is 29.5 Å². The molecule has 1 unspecified atom stereocenters. The maximum Gasteiger partial charge on any atom is 0.179 e. The molecule has 3 N–H and O–H groups in total. The van der Waals surface area contributed by atoms with Gasteiger partial charge in [-0.3, -0.25) is 0 Å². The van der Waals surface area contributed by atoms with Crippen LogP contribution in [0.2, 0.25) is 0 Å². The fourth-order valence-electron chi connectivity index (χ4n) is 2.29. The molecule has 2 heterocycles. The van der Waals surface area contributed by atoms with Crippen LogP contribution in [0.25, 0.3) is 0 Å². The maximum absolute atomic E-state index is 9.48. The van der Waals surface area contributed by atoms with E-state index < -0.39 is 11.7 Å². The summed E-state index contributed by atoms with van der Waals surface area (Å²) >= 11 is 0. The number of nitriles is 1. The molecule has 0 amide bonds. The Balaban J connectivity index is 2.12. The number of nitrogens with one attached hydrogen (secondary N) is 1. The van der Waals surface area contributed by atoms with Gasteiger partial charge in [0.2, 0.25) is 0 Å². The number of rotatable bonds is 5. The van der Waals surface area contributed by atoms with E-state index in [1.807, 2.05) is 32.1 Å². The molecule has 0 saturated heterocycles. The van der Waals surface area contributed by atoms with Crippen molar-refractivity contribution < 1.29 is 14.9 Å². The molecule has 2 aliphatic heterocycles. The van der Waals surface area contributed by atoms with Gasteiger partial charge >= 0.3 is 0 Å². The van der Waals surface area contributed by atoms with Crippen molar-refractivity contribution in [1.82, 2.24) is 5.32 Å². The Kier molecular flexibility index (Phi) is 5.97. The minimum Gasteiger partial charge on any atom is -0.394 e. The lowest BCUT2D eigenvalue weighted by molar-refractivity contribution is 0.0893. The van der Waals surface area contributed by atoms with Crippen LogP contribution in [0.1, 0.15) is 20.3 Å². The SMILES string of the molecule is CC1(C)O[C]C(C#N)=C1C=CC=C=C1C=CNC(CC(O)CO)=C1. The largest absolute Gasteiger partial charge is 0.394 e. The number of aliphatic hydroxyl groups excluding tert-OH is 2. The van der Waals surface area contributed by atoms with E-state index in [0.717, 1.165) is 16.8 Å². The van der Waals surface area contributed by atoms with Crippen LogP contribution in [0.3, 0.4) is 0 Å². The second kappa shape index (κ2) is 7.96. The van der Waals surface area contributed by atoms with E-state index in [1.54, 1.807) is 18.4 Å². The molecule has 5 heteroatoms. The van der Waals surface area contributed by atoms with Crippen LogP contribution in [0.4, 0.5) is 0 Å². The molecular weight excluding hydrogens is 304 g/mol. The van der Waals surface area contributed by atoms with E-state index in [4.69, 9.17) is 15.1 Å². The van der Waals surface area contributed by atoms with Gasteiger partial charge in [0.05, 0.1) is 30.0 Å². The smallest absolute Gasteiger partial charge is 0.179 e. The van der Waals surface area contributed by atoms with E-state index in [9.17, 15) is 5.11 Å². The first-order valence-electron chi connectivity index (χ1n) is 7.61. The zero-order chi connectivity index (χ0) is 17.6. The minimum absolute atomic E-state index is 0.275. The molecule has 0 spiro atoms. The van der Waals surface area contributed by atoms with Gasteiger partial charge in [-0.05, 0) is 32.1 Å². The summed E-state index contributed by atoms with van der Waals surface area (Å²) in [5.41, 5.74) is 5.38. The lowest BCUT2D eigenvalue weighted by Gasteiger charge is -2.18. The number of dihydropyridines is 1. The lowest BCUT2D eigenvalue weighted by Crippen LogP contribution is -2.20. The quantitative estimate of drug-likeness (QED) is 0.532. The number of nitrogens with zero attached hydrogens (tertiary/aromatic N) is 1. The van der Waals surface area contributed by atoms with Crippen LogP contribution in [-0.4, -0.2) is 28.5 Å². The summed E-state index contributed by atoms with van der Waals surface area (Å²) in [6.45, 7) is 6.10. The van der Waals surface area contributed by atoms with Gasteiger partial charge in [-0.2, -0.15) is 5.26 Å². The lowest BCUT2D eigenvalue weighted by atomic mass is 9.96. The summed E-state index contributed by atoms with van der Waals surface area (Å²) in [4.78, 5) is 0. The predicted octanol–water partition coefficient (Wildman–Crippen LogP) is 2.04. The van der Waals surface area contributed by atoms with Crippen molar-refractivity contribution in [3.8, 4) is 6.07 Å². The summed E-state index contributed by atoms with van der Waals surface area (Å²) in [6.07, 6.45) is 10.4. The average molecular weight is 324 g/mol. The number of aliphatic hydroxyl groups is 2. The Labute approximate surface area is 142 Å². The fourth-order valence-corrected chi connectivity index (χ4v) is 2.29. The van der Waals surface area contributed by atoms with Crippen molar-refractivity contribution >= 4 is 0 Å². The molecule has 0 bridgehead atoms. The van der Waals surface area contributed by atoms with Crippen LogP contribution in [0.15, 0.2) is 64.7 Å². The van der Waals surface area contributed by atoms with Crippen molar-refractivity contribution in [3.63, 3.8) is 0 Å². The molecule has 5 nitrogen and oxygen atoms in total. The summed E-state index contributed by atoms with van der Waals surface area (Å²) < 4.78 is 5.35. The van der Waals surface area contributed by atoms with Gasteiger partial charge in [0.25, 0.3) is 0 Å². The average Bonchev–Trinajstić information content (AvgIpc) is 2.86. The van der Waals surface area contributed by atoms with Crippen LogP contribution in [0.5, 0.6) is 0 Å². The first kappa shape index (κ1) is 18.0. The Bertz CT molecular complexity index is 711. The Morgan fingerprint density at radius 3 is 3.00 bits per heavy atom. The van der Waals surface area contributed by atoms with E-state index in [0.29, 0.717) is 12.0 Å². The molecule has 2 rings (SSSR count). The number of allylic oxidation sites excluding steroid dienone is 4. The van der Waals surface area contributed by atoms with Crippen LogP contribution in [0, 0.1) is 17.9 Å². The molecule has 0 aliphatic carbocycles. The summed E-state index contributed by atoms with van der Waals surface area (Å²) in [7, 11) is 0. The van der Waals surface area contributed by atoms with E-state index in [1.165, 1.54) is 0 Å². The number of hydrogen-bond acceptors (Lipinski definition) is 5. The highest BCUT2D eigenvalue weighted by Gasteiger charge is 2.32. The van der Waals surface area contributed by atoms with Gasteiger partial charge in [-0.1, -0.05) is 12.2 Å². The zero-order valence-corrected chi connectivity index (χ0v) is 13.7. The van der Waals surface area contributed by atoms with Crippen molar-refractivity contribution in [1.29, 1.82) is 5.26 Å². The first-order valence-corrected chi connectivity index (χ1v) is 7.61. The highest BCUT2D eigenvalue weighted by Crippen LogP contribution is 2.34. The highest BCUT2D eigenvalue weighted by atomic mass is 16.5. The second-order valence-electron chi connectivity index (χ2n) is 5.93. The Hall–Kier alpha value is -2.35. The fraction of sp³-hybridized carbons (Fsp3) is 0.316. The van der Waals surface area contributed by atoms with E-state index >= 15 is 0 Å². The molecule has 0 fully saturated rings. The van der Waals surface area contributed by atoms with Gasteiger partial charge in [-0.25, -0.2) is 0 Å². The third-order valence-electron chi connectivity index (χ3n) is 3.57. The summed E-state index contributed by atoms with van der Waals surface area (Å²) in [6, 6.07) is 2.07. The molecule has 0 aromatic carbocycles. The van der Waals surface area contributed by atoms with Crippen molar-refractivity contribution in [2.24, 2.45) is 0 Å². The van der Waals surface area contributed by atoms with E-state index in [-0.39, 0.29) is 6.61 Å². The van der Waals surface area contributed by atoms with Crippen LogP contribution < -0.4 is 5.32 Å². The van der Waals surface area contributed by atoms with Crippen LogP contribution >= 0.6 is 0 Å². The highest BCUT2D eigenvalue weighted by molar-refractivity contribution is 5.48. The normalized spacial score (nSPS) is 20.5. The Morgan fingerprint density at radius 1 is 1.50 bits per heavy atom. The first-order chi connectivity index (χ1) is 11.5. The van der Waals surface area contributed by atoms with E-state index in [2.05, 4.69) is 23.7 Å². The minimum atomic E-state index is -0.784. The molecule has 1 atom stereocenters. The summed E-state index contributed by atoms with van der Waals surface area (Å²) in [5.74, 6) is 0. The Morgan fingerprint density at radius 2 is 2.29 bits per heavy atom. The molecule has 24 heavy (non-hydrogen) atoms. The second-order valence-corrected chi connectivity index (χ2v) is 5.93. The molecule has 0 aromatic heterocycles. The van der Waals surface area contributed by atoms with Gasteiger partial charge < -0.3 is 20.3 Å². The van der Waals surface area contributed by atoms with Gasteiger partial charge in [0.1, 0.15) is 0 Å². The summed E-state index contributed by atoms with van der Waals surface area (Å²) in [5, 5.41) is 30.5. The molecule has 2 aliphatic rings. The monoisotopic (exact) mass is 324 g/mol. The third kappa shape index (κ3) is 4.58. The zero-order valence-electron chi connectivity index (χ0n) is 13.7. The molecule has 0 aromatic rings. The standard InChI is InChI=1S/C19H20N2O3/c1-19(2)18(15(11-20)13-24-19)6-4-3-5-14-7-8-21-16(9-14)10-17(23)12-22/h3-4,6-9,17,21-23H,10,12H2,1-2H3. The topological polar surface area (TPSA) is 85.5 Å². The molecular formula is C19H20N2O3. The van der Waals surface area contributed by atoms with Crippen molar-refractivity contribution in [3.05, 3.63) is 71.3 Å². The van der Waals surface area contributed by atoms with Crippen molar-refractivity contribution in [2.75, 3.05) is 6.61 Å². The maximum atomic E-state index is 9.48. The van der Waals surface area contributed by atoms with Gasteiger partial charge in [0.15, 0.2) is 6.61 Å². The van der Waals surface area contributed by atoms with Crippen molar-refractivity contribution in [2.45, 2.75) is 32.0 Å². The number of ether oxygens (including phenoxy) is 1. The predicted molar refractivity (Wildman–Crippen MR) is 89.9 cm³/mol. The number of hydrogen-bond donors (Lipinski definition) is 3. The van der Waals surface area contributed by atoms with Crippen LogP contribution in [-0.2, 0) is 4.74 Å². The molecule has 2 radical (unpaired) electrons. The third-order valence-corrected chi connectivity index (χ3v) is 3.57. The molecule has 0 saturated carbocycles.